The highest BCUT2D eigenvalue weighted by Crippen LogP contribution is 2.28. The van der Waals surface area contributed by atoms with E-state index in [4.69, 9.17) is 11.6 Å². The Morgan fingerprint density at radius 3 is 2.51 bits per heavy atom. The highest BCUT2D eigenvalue weighted by atomic mass is 35.5. The third-order valence-corrected chi connectivity index (χ3v) is 6.09. The molecule has 10 heteroatoms. The summed E-state index contributed by atoms with van der Waals surface area (Å²) in [6.45, 7) is 1.37. The molecule has 0 saturated carbocycles. The van der Waals surface area contributed by atoms with Gasteiger partial charge >= 0.3 is 6.03 Å². The van der Waals surface area contributed by atoms with E-state index in [0.717, 1.165) is 18.5 Å². The van der Waals surface area contributed by atoms with Crippen molar-refractivity contribution in [2.75, 3.05) is 44.9 Å². The molecule has 35 heavy (non-hydrogen) atoms. The third-order valence-electron chi connectivity index (χ3n) is 5.81. The Bertz CT molecular complexity index is 1250. The van der Waals surface area contributed by atoms with E-state index in [9.17, 15) is 9.59 Å². The Kier molecular flexibility index (Phi) is 7.36. The van der Waals surface area contributed by atoms with E-state index in [1.54, 1.807) is 44.2 Å². The summed E-state index contributed by atoms with van der Waals surface area (Å²) >= 11 is 6.34. The van der Waals surface area contributed by atoms with Gasteiger partial charge in [0.2, 0.25) is 5.95 Å². The number of anilines is 4. The number of hydrogen-bond donors (Lipinski definition) is 3. The molecule has 0 fully saturated rings. The van der Waals surface area contributed by atoms with Crippen molar-refractivity contribution in [2.45, 2.75) is 12.8 Å². The Morgan fingerprint density at radius 2 is 1.77 bits per heavy atom. The second-order valence-corrected chi connectivity index (χ2v) is 8.82. The average molecular weight is 494 g/mol. The highest BCUT2D eigenvalue weighted by molar-refractivity contribution is 6.33. The standard InChI is InChI=1S/C25H28ClN7O2/c1-27-23(34)19-6-4-5-7-21(19)30-22-20(26)15-28-24(31-22)29-18-9-8-16-10-12-33(25(35)32(2)3)13-11-17(16)14-18/h4-9,14-15H,10-13H2,1-3H3,(H,27,34)(H2,28,29,30,31). The fraction of sp³-hybridized carbons (Fsp3) is 0.280. The number of amides is 3. The van der Waals surface area contributed by atoms with E-state index < -0.39 is 0 Å². The van der Waals surface area contributed by atoms with Crippen molar-refractivity contribution in [3.63, 3.8) is 0 Å². The molecule has 9 nitrogen and oxygen atoms in total. The third kappa shape index (κ3) is 5.63. The van der Waals surface area contributed by atoms with Gasteiger partial charge in [0.1, 0.15) is 5.02 Å². The molecule has 1 aromatic heterocycles. The van der Waals surface area contributed by atoms with Crippen LogP contribution in [0.2, 0.25) is 5.02 Å². The van der Waals surface area contributed by atoms with Gasteiger partial charge in [-0.05, 0) is 48.2 Å². The molecule has 2 heterocycles. The number of halogens is 1. The summed E-state index contributed by atoms with van der Waals surface area (Å²) in [5.41, 5.74) is 4.33. The van der Waals surface area contributed by atoms with Crippen LogP contribution < -0.4 is 16.0 Å². The lowest BCUT2D eigenvalue weighted by Crippen LogP contribution is -2.40. The van der Waals surface area contributed by atoms with Crippen LogP contribution in [0.25, 0.3) is 0 Å². The van der Waals surface area contributed by atoms with Gasteiger partial charge in [0.05, 0.1) is 17.4 Å². The zero-order valence-electron chi connectivity index (χ0n) is 19.9. The summed E-state index contributed by atoms with van der Waals surface area (Å²) in [7, 11) is 5.13. The number of urea groups is 1. The molecule has 1 aliphatic rings. The van der Waals surface area contributed by atoms with E-state index in [2.05, 4.69) is 38.1 Å². The summed E-state index contributed by atoms with van der Waals surface area (Å²) in [5.74, 6) is 0.535. The first kappa shape index (κ1) is 24.3. The lowest BCUT2D eigenvalue weighted by Gasteiger charge is -2.24. The predicted octanol–water partition coefficient (Wildman–Crippen LogP) is 4.06. The number of fused-ring (bicyclic) bond motifs is 1. The van der Waals surface area contributed by atoms with Gasteiger partial charge in [-0.1, -0.05) is 29.8 Å². The Hall–Kier alpha value is -3.85. The van der Waals surface area contributed by atoms with E-state index in [1.807, 2.05) is 17.0 Å². The summed E-state index contributed by atoms with van der Waals surface area (Å²) in [6, 6.07) is 13.3. The first-order valence-electron chi connectivity index (χ1n) is 11.3. The maximum atomic E-state index is 12.4. The number of hydrogen-bond acceptors (Lipinski definition) is 6. The molecule has 0 unspecified atom stereocenters. The van der Waals surface area contributed by atoms with E-state index in [1.165, 1.54) is 17.3 Å². The van der Waals surface area contributed by atoms with Crippen molar-refractivity contribution in [3.8, 4) is 0 Å². The molecule has 3 aromatic rings. The maximum Gasteiger partial charge on any atom is 0.319 e. The smallest absolute Gasteiger partial charge is 0.319 e. The molecule has 0 bridgehead atoms. The molecule has 0 saturated heterocycles. The number of para-hydroxylation sites is 1. The fourth-order valence-electron chi connectivity index (χ4n) is 3.97. The van der Waals surface area contributed by atoms with Gasteiger partial charge in [-0.2, -0.15) is 4.98 Å². The van der Waals surface area contributed by atoms with Gasteiger partial charge in [-0.15, -0.1) is 0 Å². The Balaban J connectivity index is 1.52. The van der Waals surface area contributed by atoms with Gasteiger partial charge in [0, 0.05) is 39.9 Å². The molecule has 4 rings (SSSR count). The van der Waals surface area contributed by atoms with Gasteiger partial charge in [0.25, 0.3) is 5.91 Å². The van der Waals surface area contributed by atoms with E-state index in [-0.39, 0.29) is 11.9 Å². The molecule has 3 amide bonds. The minimum Gasteiger partial charge on any atom is -0.355 e. The summed E-state index contributed by atoms with van der Waals surface area (Å²) in [4.78, 5) is 36.9. The van der Waals surface area contributed by atoms with Crippen molar-refractivity contribution in [2.24, 2.45) is 0 Å². The lowest BCUT2D eigenvalue weighted by molar-refractivity contribution is 0.0964. The Labute approximate surface area is 209 Å². The molecule has 1 aliphatic heterocycles. The summed E-state index contributed by atoms with van der Waals surface area (Å²) < 4.78 is 0. The van der Waals surface area contributed by atoms with Crippen LogP contribution in [-0.4, -0.2) is 65.9 Å². The molecule has 0 radical (unpaired) electrons. The van der Waals surface area contributed by atoms with Crippen molar-refractivity contribution in [3.05, 3.63) is 70.4 Å². The van der Waals surface area contributed by atoms with Crippen LogP contribution in [0.3, 0.4) is 0 Å². The molecular weight excluding hydrogens is 466 g/mol. The van der Waals surface area contributed by atoms with Gasteiger partial charge < -0.3 is 25.8 Å². The second-order valence-electron chi connectivity index (χ2n) is 8.41. The largest absolute Gasteiger partial charge is 0.355 e. The van der Waals surface area contributed by atoms with Crippen LogP contribution in [-0.2, 0) is 12.8 Å². The second kappa shape index (κ2) is 10.6. The minimum absolute atomic E-state index is 0.0312. The van der Waals surface area contributed by atoms with Crippen molar-refractivity contribution in [1.82, 2.24) is 25.1 Å². The van der Waals surface area contributed by atoms with Crippen LogP contribution in [0, 0.1) is 0 Å². The number of nitrogens with one attached hydrogen (secondary N) is 3. The van der Waals surface area contributed by atoms with Crippen molar-refractivity contribution in [1.29, 1.82) is 0 Å². The maximum absolute atomic E-state index is 12.4. The van der Waals surface area contributed by atoms with Crippen molar-refractivity contribution >= 4 is 46.7 Å². The number of carbonyl (C=O) groups excluding carboxylic acids is 2. The quantitative estimate of drug-likeness (QED) is 0.495. The van der Waals surface area contributed by atoms with Gasteiger partial charge in [-0.3, -0.25) is 4.79 Å². The number of rotatable bonds is 5. The molecule has 0 spiro atoms. The van der Waals surface area contributed by atoms with Crippen molar-refractivity contribution < 1.29 is 9.59 Å². The van der Waals surface area contributed by atoms with E-state index >= 15 is 0 Å². The fourth-order valence-corrected chi connectivity index (χ4v) is 4.11. The van der Waals surface area contributed by atoms with E-state index in [0.29, 0.717) is 41.1 Å². The molecule has 182 valence electrons. The first-order chi connectivity index (χ1) is 16.9. The zero-order valence-corrected chi connectivity index (χ0v) is 20.7. The number of carbonyl (C=O) groups is 2. The molecule has 0 aliphatic carbocycles. The first-order valence-corrected chi connectivity index (χ1v) is 11.7. The van der Waals surface area contributed by atoms with Gasteiger partial charge in [-0.25, -0.2) is 9.78 Å². The number of benzene rings is 2. The monoisotopic (exact) mass is 493 g/mol. The summed E-state index contributed by atoms with van der Waals surface area (Å²) in [5, 5.41) is 9.34. The predicted molar refractivity (Wildman–Crippen MR) is 138 cm³/mol. The molecule has 0 atom stereocenters. The molecular formula is C25H28ClN7O2. The molecule has 2 aromatic carbocycles. The SMILES string of the molecule is CNC(=O)c1ccccc1Nc1nc(Nc2ccc3c(c2)CCN(C(=O)N(C)C)CC3)ncc1Cl. The van der Waals surface area contributed by atoms with Gasteiger partial charge in [0.15, 0.2) is 5.82 Å². The zero-order chi connectivity index (χ0) is 24.9. The van der Waals surface area contributed by atoms with Crippen LogP contribution in [0.15, 0.2) is 48.7 Å². The molecule has 3 N–H and O–H groups in total. The highest BCUT2D eigenvalue weighted by Gasteiger charge is 2.20. The summed E-state index contributed by atoms with van der Waals surface area (Å²) in [6.07, 6.45) is 3.09. The topological polar surface area (TPSA) is 102 Å². The van der Waals surface area contributed by atoms with Crippen LogP contribution in [0.4, 0.5) is 27.9 Å². The van der Waals surface area contributed by atoms with Crippen LogP contribution in [0.5, 0.6) is 0 Å². The number of nitrogens with zero attached hydrogens (tertiary/aromatic N) is 4. The van der Waals surface area contributed by atoms with Crippen LogP contribution >= 0.6 is 11.6 Å². The lowest BCUT2D eigenvalue weighted by atomic mass is 10.0. The number of aromatic nitrogens is 2. The Morgan fingerprint density at radius 1 is 1.03 bits per heavy atom. The average Bonchev–Trinajstić information content (AvgIpc) is 3.07. The van der Waals surface area contributed by atoms with Crippen LogP contribution in [0.1, 0.15) is 21.5 Å². The minimum atomic E-state index is -0.215. The normalized spacial score (nSPS) is 12.9.